The average Bonchev–Trinajstić information content (AvgIpc) is 2.59. The molecule has 0 saturated carbocycles. The van der Waals surface area contributed by atoms with Gasteiger partial charge in [0.1, 0.15) is 12.0 Å². The van der Waals surface area contributed by atoms with E-state index in [4.69, 9.17) is 13.7 Å². The van der Waals surface area contributed by atoms with Gasteiger partial charge in [-0.25, -0.2) is 0 Å². The second-order valence-corrected chi connectivity index (χ2v) is 4.27. The molecule has 5 nitrogen and oxygen atoms in total. The maximum absolute atomic E-state index is 10.9. The summed E-state index contributed by atoms with van der Waals surface area (Å²) in [5.74, 6) is 0.588. The first-order valence-corrected chi connectivity index (χ1v) is 5.49. The summed E-state index contributed by atoms with van der Waals surface area (Å²) in [4.78, 5) is 0. The van der Waals surface area contributed by atoms with E-state index >= 15 is 0 Å². The van der Waals surface area contributed by atoms with Gasteiger partial charge in [0.05, 0.1) is 7.11 Å². The number of hydrogen-bond donors (Lipinski definition) is 1. The van der Waals surface area contributed by atoms with Crippen LogP contribution in [-0.2, 0) is 10.1 Å². The molecule has 0 aliphatic heterocycles. The third-order valence-electron chi connectivity index (χ3n) is 2.01. The number of rotatable bonds is 2. The molecule has 0 aliphatic carbocycles. The fourth-order valence-corrected chi connectivity index (χ4v) is 1.96. The number of furan rings is 1. The van der Waals surface area contributed by atoms with E-state index in [-0.39, 0.29) is 0 Å². The highest BCUT2D eigenvalue weighted by molar-refractivity contribution is 7.85. The fraction of sp³-hybridized carbons (Fsp3) is 0.111. The van der Waals surface area contributed by atoms with Gasteiger partial charge in [0.2, 0.25) is 0 Å². The normalized spacial score (nSPS) is 11.9. The lowest BCUT2D eigenvalue weighted by molar-refractivity contribution is 0.412. The molecule has 0 spiro atoms. The van der Waals surface area contributed by atoms with E-state index in [1.165, 1.54) is 19.4 Å². The lowest BCUT2D eigenvalue weighted by atomic mass is 10.2. The highest BCUT2D eigenvalue weighted by Crippen LogP contribution is 2.28. The van der Waals surface area contributed by atoms with Crippen LogP contribution in [0.4, 0.5) is 0 Å². The summed E-state index contributed by atoms with van der Waals surface area (Å²) in [6, 6.07) is 4.72. The summed E-state index contributed by atoms with van der Waals surface area (Å²) >= 11 is 0. The van der Waals surface area contributed by atoms with Crippen LogP contribution >= 0.6 is 0 Å². The van der Waals surface area contributed by atoms with E-state index in [2.05, 4.69) is 0 Å². The fourth-order valence-electron chi connectivity index (χ4n) is 1.33. The van der Waals surface area contributed by atoms with Crippen LogP contribution in [0.2, 0.25) is 0 Å². The molecular weight excluding hydrogens is 220 g/mol. The van der Waals surface area contributed by atoms with Crippen molar-refractivity contribution in [2.45, 2.75) is 5.09 Å². The van der Waals surface area contributed by atoms with Crippen LogP contribution in [-0.4, -0.2) is 20.1 Å². The molecule has 0 unspecified atom stereocenters. The Bertz CT molecular complexity index is 596. The van der Waals surface area contributed by atoms with Gasteiger partial charge in [-0.3, -0.25) is 4.55 Å². The number of hydrogen-bond acceptors (Lipinski definition) is 4. The molecular formula is C9H8O5S. The average molecular weight is 228 g/mol. The van der Waals surface area contributed by atoms with E-state index in [1.807, 2.05) is 0 Å². The van der Waals surface area contributed by atoms with Crippen LogP contribution in [0.25, 0.3) is 10.8 Å². The Morgan fingerprint density at radius 2 is 2.13 bits per heavy atom. The third kappa shape index (κ3) is 1.69. The van der Waals surface area contributed by atoms with Gasteiger partial charge >= 0.3 is 10.1 Å². The Labute approximate surface area is 86.0 Å². The van der Waals surface area contributed by atoms with E-state index < -0.39 is 15.2 Å². The zero-order chi connectivity index (χ0) is 11.1. The zero-order valence-corrected chi connectivity index (χ0v) is 8.61. The number of ether oxygens (including phenoxy) is 1. The van der Waals surface area contributed by atoms with Crippen molar-refractivity contribution in [3.63, 3.8) is 0 Å². The molecule has 80 valence electrons. The summed E-state index contributed by atoms with van der Waals surface area (Å²) in [5, 5.41) is 0.445. The molecule has 0 saturated heterocycles. The van der Waals surface area contributed by atoms with Crippen LogP contribution < -0.4 is 4.74 Å². The summed E-state index contributed by atoms with van der Waals surface area (Å²) < 4.78 is 40.4. The van der Waals surface area contributed by atoms with Gasteiger partial charge in [-0.2, -0.15) is 8.42 Å². The van der Waals surface area contributed by atoms with Gasteiger partial charge in [0.15, 0.2) is 0 Å². The quantitative estimate of drug-likeness (QED) is 0.791. The van der Waals surface area contributed by atoms with E-state index in [9.17, 15) is 8.42 Å². The molecule has 1 aromatic heterocycles. The molecule has 1 aromatic carbocycles. The molecule has 0 amide bonds. The highest BCUT2D eigenvalue weighted by Gasteiger charge is 2.18. The second-order valence-electron chi connectivity index (χ2n) is 2.95. The van der Waals surface area contributed by atoms with E-state index in [1.54, 1.807) is 12.1 Å². The topological polar surface area (TPSA) is 76.7 Å². The van der Waals surface area contributed by atoms with Gasteiger partial charge in [-0.1, -0.05) is 0 Å². The predicted molar refractivity (Wildman–Crippen MR) is 52.6 cm³/mol. The van der Waals surface area contributed by atoms with Gasteiger partial charge in [-0.15, -0.1) is 0 Å². The van der Waals surface area contributed by atoms with E-state index in [0.717, 1.165) is 0 Å². The largest absolute Gasteiger partial charge is 0.497 e. The maximum atomic E-state index is 10.9. The van der Waals surface area contributed by atoms with Gasteiger partial charge in [0.25, 0.3) is 5.09 Å². The Hall–Kier alpha value is -1.53. The van der Waals surface area contributed by atoms with Crippen molar-refractivity contribution in [2.75, 3.05) is 7.11 Å². The first-order valence-electron chi connectivity index (χ1n) is 4.05. The standard InChI is InChI=1S/C9H8O5S/c1-13-7-2-3-8-6(4-7)5-14-9(8)15(10,11)12/h2-5H,1H3,(H,10,11,12). The zero-order valence-electron chi connectivity index (χ0n) is 7.80. The summed E-state index contributed by atoms with van der Waals surface area (Å²) in [6.07, 6.45) is 1.25. The lowest BCUT2D eigenvalue weighted by Gasteiger charge is -1.98. The van der Waals surface area contributed by atoms with Gasteiger partial charge < -0.3 is 9.15 Å². The molecule has 1 N–H and O–H groups in total. The molecule has 0 radical (unpaired) electrons. The minimum atomic E-state index is -4.31. The molecule has 6 heteroatoms. The molecule has 0 aliphatic rings. The van der Waals surface area contributed by atoms with Crippen LogP contribution in [0.3, 0.4) is 0 Å². The smallest absolute Gasteiger partial charge is 0.328 e. The Balaban J connectivity index is 2.73. The van der Waals surface area contributed by atoms with Crippen LogP contribution in [0.5, 0.6) is 5.75 Å². The van der Waals surface area contributed by atoms with E-state index in [0.29, 0.717) is 16.5 Å². The van der Waals surface area contributed by atoms with Crippen LogP contribution in [0.15, 0.2) is 34.0 Å². The second kappa shape index (κ2) is 3.25. The Kier molecular flexibility index (Phi) is 2.17. The Morgan fingerprint density at radius 1 is 1.40 bits per heavy atom. The third-order valence-corrected chi connectivity index (χ3v) is 2.79. The Morgan fingerprint density at radius 3 is 2.73 bits per heavy atom. The van der Waals surface area contributed by atoms with Crippen molar-refractivity contribution < 1.29 is 22.1 Å². The van der Waals surface area contributed by atoms with Crippen LogP contribution in [0, 0.1) is 0 Å². The van der Waals surface area contributed by atoms with Crippen molar-refractivity contribution in [1.82, 2.24) is 0 Å². The molecule has 0 bridgehead atoms. The summed E-state index contributed by atoms with van der Waals surface area (Å²) in [6.45, 7) is 0. The highest BCUT2D eigenvalue weighted by atomic mass is 32.2. The van der Waals surface area contributed by atoms with Crippen molar-refractivity contribution in [2.24, 2.45) is 0 Å². The molecule has 15 heavy (non-hydrogen) atoms. The van der Waals surface area contributed by atoms with Crippen molar-refractivity contribution in [3.05, 3.63) is 24.5 Å². The molecule has 0 atom stereocenters. The summed E-state index contributed by atoms with van der Waals surface area (Å²) in [7, 11) is -2.81. The van der Waals surface area contributed by atoms with Crippen molar-refractivity contribution in [1.29, 1.82) is 0 Å². The number of benzene rings is 1. The predicted octanol–water partition coefficient (Wildman–Crippen LogP) is 1.69. The minimum absolute atomic E-state index is 0.332. The molecule has 2 aromatic rings. The lowest BCUT2D eigenvalue weighted by Crippen LogP contribution is -1.95. The number of fused-ring (bicyclic) bond motifs is 1. The van der Waals surface area contributed by atoms with Crippen LogP contribution in [0.1, 0.15) is 0 Å². The maximum Gasteiger partial charge on any atom is 0.328 e. The minimum Gasteiger partial charge on any atom is -0.497 e. The first-order chi connectivity index (χ1) is 7.02. The molecule has 0 fully saturated rings. The van der Waals surface area contributed by atoms with Crippen molar-refractivity contribution >= 4 is 20.9 Å². The monoisotopic (exact) mass is 228 g/mol. The van der Waals surface area contributed by atoms with Gasteiger partial charge in [0, 0.05) is 10.8 Å². The molecule has 2 rings (SSSR count). The number of methoxy groups -OCH3 is 1. The SMILES string of the molecule is COc1ccc2c(S(=O)(=O)O)occ2c1. The van der Waals surface area contributed by atoms with Gasteiger partial charge in [-0.05, 0) is 18.2 Å². The molecule has 1 heterocycles. The first kappa shape index (κ1) is 10.0. The van der Waals surface area contributed by atoms with Crippen molar-refractivity contribution in [3.8, 4) is 5.75 Å². The summed E-state index contributed by atoms with van der Waals surface area (Å²) in [5.41, 5.74) is 0.